The van der Waals surface area contributed by atoms with Crippen molar-refractivity contribution in [1.29, 1.82) is 0 Å². The second kappa shape index (κ2) is 8.55. The summed E-state index contributed by atoms with van der Waals surface area (Å²) >= 11 is 0. The van der Waals surface area contributed by atoms with Crippen LogP contribution in [0, 0.1) is 0 Å². The normalized spacial score (nSPS) is 13.0. The Morgan fingerprint density at radius 2 is 2.07 bits per heavy atom. The Morgan fingerprint density at radius 3 is 2.86 bits per heavy atom. The fourth-order valence-corrected chi connectivity index (χ4v) is 3.22. The van der Waals surface area contributed by atoms with E-state index in [0.29, 0.717) is 44.6 Å². The van der Waals surface area contributed by atoms with Gasteiger partial charge in [-0.1, -0.05) is 0 Å². The Kier molecular flexibility index (Phi) is 5.50. The first-order chi connectivity index (χ1) is 14.2. The fourth-order valence-electron chi connectivity index (χ4n) is 3.22. The minimum absolute atomic E-state index is 0.102. The lowest BCUT2D eigenvalue weighted by Gasteiger charge is -2.28. The van der Waals surface area contributed by atoms with Gasteiger partial charge in [0.25, 0.3) is 5.91 Å². The summed E-state index contributed by atoms with van der Waals surface area (Å²) in [6.45, 7) is 1.79. The van der Waals surface area contributed by atoms with Crippen LogP contribution in [0.4, 0.5) is 5.69 Å². The lowest BCUT2D eigenvalue weighted by atomic mass is 10.0. The Bertz CT molecular complexity index is 991. The van der Waals surface area contributed by atoms with Crippen molar-refractivity contribution in [3.05, 3.63) is 60.5 Å². The van der Waals surface area contributed by atoms with Gasteiger partial charge < -0.3 is 10.2 Å². The van der Waals surface area contributed by atoms with Crippen LogP contribution in [0.1, 0.15) is 34.6 Å². The van der Waals surface area contributed by atoms with E-state index >= 15 is 0 Å². The number of hydrogen-bond donors (Lipinski definition) is 1. The summed E-state index contributed by atoms with van der Waals surface area (Å²) < 4.78 is 1.72. The lowest BCUT2D eigenvalue weighted by molar-refractivity contribution is -0.132. The zero-order chi connectivity index (χ0) is 20.1. The van der Waals surface area contributed by atoms with Crippen molar-refractivity contribution in [2.75, 3.05) is 11.9 Å². The molecule has 0 aliphatic carbocycles. The van der Waals surface area contributed by atoms with Crippen LogP contribution in [-0.2, 0) is 24.3 Å². The molecule has 2 amide bonds. The molecule has 1 N–H and O–H groups in total. The van der Waals surface area contributed by atoms with Crippen molar-refractivity contribution in [3.8, 4) is 0 Å². The highest BCUT2D eigenvalue weighted by molar-refractivity contribution is 6.02. The molecule has 148 valence electrons. The molecule has 0 saturated carbocycles. The molecular weight excluding hydrogens is 372 g/mol. The maximum atomic E-state index is 12.6. The molecule has 0 radical (unpaired) electrons. The Hall–Kier alpha value is -3.69. The van der Waals surface area contributed by atoms with Crippen LogP contribution in [0.3, 0.4) is 0 Å². The van der Waals surface area contributed by atoms with Gasteiger partial charge in [0.2, 0.25) is 5.91 Å². The summed E-state index contributed by atoms with van der Waals surface area (Å²) in [6.07, 6.45) is 11.0. The van der Waals surface area contributed by atoms with E-state index in [2.05, 4.69) is 30.4 Å². The molecule has 3 aromatic heterocycles. The average Bonchev–Trinajstić information content (AvgIpc) is 3.27. The number of anilines is 1. The van der Waals surface area contributed by atoms with Gasteiger partial charge in [-0.15, -0.1) is 0 Å². The maximum Gasteiger partial charge on any atom is 0.275 e. The smallest absolute Gasteiger partial charge is 0.275 e. The van der Waals surface area contributed by atoms with Gasteiger partial charge in [-0.3, -0.25) is 24.2 Å². The van der Waals surface area contributed by atoms with Crippen LogP contribution in [-0.4, -0.2) is 53.0 Å². The van der Waals surface area contributed by atoms with Crippen LogP contribution in [0.15, 0.2) is 43.5 Å². The van der Waals surface area contributed by atoms with Gasteiger partial charge in [-0.2, -0.15) is 5.10 Å². The highest BCUT2D eigenvalue weighted by Crippen LogP contribution is 2.21. The van der Waals surface area contributed by atoms with Gasteiger partial charge in [0.15, 0.2) is 0 Å². The topological polar surface area (TPSA) is 119 Å². The molecule has 1 aliphatic rings. The van der Waals surface area contributed by atoms with E-state index in [9.17, 15) is 9.59 Å². The summed E-state index contributed by atoms with van der Waals surface area (Å²) in [4.78, 5) is 42.9. The number of nitrogens with zero attached hydrogens (tertiary/aromatic N) is 7. The third-order valence-corrected chi connectivity index (χ3v) is 4.69. The number of aryl methyl sites for hydroxylation is 1. The first-order valence-corrected chi connectivity index (χ1v) is 9.34. The molecule has 0 fully saturated rings. The number of fused-ring (bicyclic) bond motifs is 1. The first-order valence-electron chi connectivity index (χ1n) is 9.34. The van der Waals surface area contributed by atoms with E-state index in [4.69, 9.17) is 0 Å². The first kappa shape index (κ1) is 18.7. The van der Waals surface area contributed by atoms with E-state index in [1.165, 1.54) is 24.9 Å². The summed E-state index contributed by atoms with van der Waals surface area (Å²) in [5, 5.41) is 6.82. The Morgan fingerprint density at radius 1 is 1.14 bits per heavy atom. The molecule has 0 bridgehead atoms. The summed E-state index contributed by atoms with van der Waals surface area (Å²) in [5.41, 5.74) is 2.70. The summed E-state index contributed by atoms with van der Waals surface area (Å²) in [7, 11) is 0. The molecule has 4 rings (SSSR count). The lowest BCUT2D eigenvalue weighted by Crippen LogP contribution is -2.36. The third kappa shape index (κ3) is 4.60. The summed E-state index contributed by atoms with van der Waals surface area (Å²) in [5.74, 6) is -0.249. The van der Waals surface area contributed by atoms with Gasteiger partial charge in [0, 0.05) is 50.6 Å². The molecule has 0 aromatic carbocycles. The molecule has 4 heterocycles. The van der Waals surface area contributed by atoms with Crippen LogP contribution >= 0.6 is 0 Å². The standard InChI is InChI=1S/C19H20N8O2/c28-18(2-1-6-27-13-21-12-24-27)26-7-3-16-14(11-26)8-15(9-23-16)25-19(29)17-10-20-4-5-22-17/h4-5,8-10,12-13H,1-3,6-7,11H2,(H,25,29). The zero-order valence-electron chi connectivity index (χ0n) is 15.7. The van der Waals surface area contributed by atoms with Crippen LogP contribution < -0.4 is 5.32 Å². The van der Waals surface area contributed by atoms with Gasteiger partial charge >= 0.3 is 0 Å². The van der Waals surface area contributed by atoms with Crippen molar-refractivity contribution >= 4 is 17.5 Å². The third-order valence-electron chi connectivity index (χ3n) is 4.69. The predicted octanol–water partition coefficient (Wildman–Crippen LogP) is 1.08. The number of carbonyl (C=O) groups excluding carboxylic acids is 2. The molecule has 1 aliphatic heterocycles. The highest BCUT2D eigenvalue weighted by Gasteiger charge is 2.22. The molecule has 0 unspecified atom stereocenters. The monoisotopic (exact) mass is 392 g/mol. The largest absolute Gasteiger partial charge is 0.338 e. The molecule has 29 heavy (non-hydrogen) atoms. The van der Waals surface area contributed by atoms with Gasteiger partial charge in [0.1, 0.15) is 18.3 Å². The second-order valence-corrected chi connectivity index (χ2v) is 6.70. The maximum absolute atomic E-state index is 12.6. The van der Waals surface area contributed by atoms with Crippen LogP contribution in [0.2, 0.25) is 0 Å². The quantitative estimate of drug-likeness (QED) is 0.667. The second-order valence-electron chi connectivity index (χ2n) is 6.70. The van der Waals surface area contributed by atoms with Crippen molar-refractivity contribution in [2.45, 2.75) is 32.4 Å². The van der Waals surface area contributed by atoms with Crippen molar-refractivity contribution in [1.82, 2.24) is 34.6 Å². The number of hydrogen-bond acceptors (Lipinski definition) is 7. The highest BCUT2D eigenvalue weighted by atomic mass is 16.2. The predicted molar refractivity (Wildman–Crippen MR) is 103 cm³/mol. The molecule has 3 aromatic rings. The number of amides is 2. The number of pyridine rings is 1. The molecule has 0 atom stereocenters. The van der Waals surface area contributed by atoms with Gasteiger partial charge in [-0.05, 0) is 18.1 Å². The van der Waals surface area contributed by atoms with Crippen molar-refractivity contribution in [2.24, 2.45) is 0 Å². The van der Waals surface area contributed by atoms with E-state index in [0.717, 1.165) is 11.3 Å². The van der Waals surface area contributed by atoms with Gasteiger partial charge in [-0.25, -0.2) is 9.97 Å². The van der Waals surface area contributed by atoms with E-state index < -0.39 is 0 Å². The Balaban J connectivity index is 1.36. The van der Waals surface area contributed by atoms with Crippen molar-refractivity contribution < 1.29 is 9.59 Å². The minimum atomic E-state index is -0.350. The fraction of sp³-hybridized carbons (Fsp3) is 0.316. The number of nitrogens with one attached hydrogen (secondary N) is 1. The van der Waals surface area contributed by atoms with Crippen LogP contribution in [0.5, 0.6) is 0 Å². The zero-order valence-corrected chi connectivity index (χ0v) is 15.7. The molecule has 0 saturated heterocycles. The number of rotatable bonds is 6. The molecule has 0 spiro atoms. The van der Waals surface area contributed by atoms with Crippen molar-refractivity contribution in [3.63, 3.8) is 0 Å². The van der Waals surface area contributed by atoms with Crippen LogP contribution in [0.25, 0.3) is 0 Å². The SMILES string of the molecule is O=C(Nc1cnc2c(c1)CN(C(=O)CCCn1cncn1)CC2)c1cnccn1. The minimum Gasteiger partial charge on any atom is -0.338 e. The molecular formula is C19H20N8O2. The molecule has 10 nitrogen and oxygen atoms in total. The van der Waals surface area contributed by atoms with E-state index in [1.807, 2.05) is 11.0 Å². The van der Waals surface area contributed by atoms with E-state index in [-0.39, 0.29) is 17.5 Å². The number of aromatic nitrogens is 6. The number of carbonyl (C=O) groups is 2. The molecule has 10 heteroatoms. The van der Waals surface area contributed by atoms with E-state index in [1.54, 1.807) is 17.2 Å². The average molecular weight is 392 g/mol. The van der Waals surface area contributed by atoms with Gasteiger partial charge in [0.05, 0.1) is 18.1 Å². The summed E-state index contributed by atoms with van der Waals surface area (Å²) in [6, 6.07) is 1.87. The Labute approximate surface area is 167 Å².